The molecular formula is C16H20FNO2. The molecule has 0 radical (unpaired) electrons. The average Bonchev–Trinajstić information content (AvgIpc) is 2.40. The molecule has 2 aliphatic rings. The maximum atomic E-state index is 13.5. The van der Waals surface area contributed by atoms with Gasteiger partial charge in [0.15, 0.2) is 0 Å². The van der Waals surface area contributed by atoms with E-state index in [2.05, 4.69) is 0 Å². The van der Waals surface area contributed by atoms with Crippen LogP contribution in [0.1, 0.15) is 56.4 Å². The number of fused-ring (bicyclic) bond motifs is 1. The SMILES string of the molecule is NC(=O)CC1CC2(CCCCC2)Oc2ccc(F)cc21. The largest absolute Gasteiger partial charge is 0.487 e. The third kappa shape index (κ3) is 2.51. The van der Waals surface area contributed by atoms with Crippen LogP contribution in [0.5, 0.6) is 5.75 Å². The standard InChI is InChI=1S/C16H20FNO2/c17-12-4-5-14-13(9-12)11(8-15(18)19)10-16(20-14)6-2-1-3-7-16/h4-5,9,11H,1-3,6-8,10H2,(H2,18,19). The summed E-state index contributed by atoms with van der Waals surface area (Å²) in [5.41, 5.74) is 5.98. The first-order chi connectivity index (χ1) is 9.58. The predicted molar refractivity (Wildman–Crippen MR) is 74.0 cm³/mol. The molecule has 20 heavy (non-hydrogen) atoms. The van der Waals surface area contributed by atoms with Crippen molar-refractivity contribution in [3.8, 4) is 5.75 Å². The lowest BCUT2D eigenvalue weighted by atomic mass is 9.73. The maximum absolute atomic E-state index is 13.5. The first-order valence-electron chi connectivity index (χ1n) is 7.35. The molecule has 3 rings (SSSR count). The first-order valence-corrected chi connectivity index (χ1v) is 7.35. The molecule has 2 N–H and O–H groups in total. The number of carbonyl (C=O) groups excluding carboxylic acids is 1. The Morgan fingerprint density at radius 2 is 2.10 bits per heavy atom. The summed E-state index contributed by atoms with van der Waals surface area (Å²) in [6.07, 6.45) is 6.60. The van der Waals surface area contributed by atoms with Crippen LogP contribution in [0.2, 0.25) is 0 Å². The van der Waals surface area contributed by atoms with Gasteiger partial charge in [-0.2, -0.15) is 0 Å². The van der Waals surface area contributed by atoms with E-state index in [0.717, 1.165) is 43.4 Å². The van der Waals surface area contributed by atoms with E-state index in [1.165, 1.54) is 18.6 Å². The van der Waals surface area contributed by atoms with Gasteiger partial charge in [0.1, 0.15) is 17.2 Å². The fraction of sp³-hybridized carbons (Fsp3) is 0.562. The number of hydrogen-bond acceptors (Lipinski definition) is 2. The molecule has 0 saturated heterocycles. The Bertz CT molecular complexity index is 523. The summed E-state index contributed by atoms with van der Waals surface area (Å²) in [7, 11) is 0. The summed E-state index contributed by atoms with van der Waals surface area (Å²) >= 11 is 0. The molecule has 1 saturated carbocycles. The van der Waals surface area contributed by atoms with E-state index in [1.54, 1.807) is 6.07 Å². The second-order valence-electron chi connectivity index (χ2n) is 6.10. The summed E-state index contributed by atoms with van der Waals surface area (Å²) in [6, 6.07) is 4.59. The highest BCUT2D eigenvalue weighted by atomic mass is 19.1. The van der Waals surface area contributed by atoms with Gasteiger partial charge in [0.05, 0.1) is 0 Å². The van der Waals surface area contributed by atoms with E-state index < -0.39 is 0 Å². The Morgan fingerprint density at radius 3 is 2.80 bits per heavy atom. The first kappa shape index (κ1) is 13.4. The number of amides is 1. The minimum Gasteiger partial charge on any atom is -0.487 e. The van der Waals surface area contributed by atoms with E-state index in [4.69, 9.17) is 10.5 Å². The third-order valence-electron chi connectivity index (χ3n) is 4.57. The summed E-state index contributed by atoms with van der Waals surface area (Å²) in [4.78, 5) is 11.3. The van der Waals surface area contributed by atoms with E-state index in [-0.39, 0.29) is 29.7 Å². The van der Waals surface area contributed by atoms with Gasteiger partial charge in [-0.3, -0.25) is 4.79 Å². The van der Waals surface area contributed by atoms with Crippen LogP contribution < -0.4 is 10.5 Å². The maximum Gasteiger partial charge on any atom is 0.218 e. The molecule has 1 aliphatic heterocycles. The van der Waals surface area contributed by atoms with E-state index in [0.29, 0.717) is 0 Å². The second kappa shape index (κ2) is 5.08. The van der Waals surface area contributed by atoms with Crippen LogP contribution >= 0.6 is 0 Å². The molecule has 3 nitrogen and oxygen atoms in total. The molecular weight excluding hydrogens is 257 g/mol. The molecule has 1 spiro atoms. The number of hydrogen-bond donors (Lipinski definition) is 1. The van der Waals surface area contributed by atoms with E-state index in [1.807, 2.05) is 0 Å². The van der Waals surface area contributed by atoms with Gasteiger partial charge in [0, 0.05) is 17.9 Å². The van der Waals surface area contributed by atoms with Crippen molar-refractivity contribution in [1.29, 1.82) is 0 Å². The normalized spacial score (nSPS) is 23.9. The number of halogens is 1. The molecule has 1 unspecified atom stereocenters. The summed E-state index contributed by atoms with van der Waals surface area (Å²) in [6.45, 7) is 0. The van der Waals surface area contributed by atoms with Crippen LogP contribution in [0.4, 0.5) is 4.39 Å². The molecule has 1 amide bonds. The fourth-order valence-electron chi connectivity index (χ4n) is 3.69. The lowest BCUT2D eigenvalue weighted by Gasteiger charge is -2.44. The predicted octanol–water partition coefficient (Wildman–Crippen LogP) is 3.27. The zero-order valence-corrected chi connectivity index (χ0v) is 11.5. The van der Waals surface area contributed by atoms with Gasteiger partial charge in [-0.05, 0) is 50.3 Å². The van der Waals surface area contributed by atoms with Gasteiger partial charge < -0.3 is 10.5 Å². The molecule has 4 heteroatoms. The van der Waals surface area contributed by atoms with Gasteiger partial charge in [-0.1, -0.05) is 6.42 Å². The molecule has 1 aliphatic carbocycles. The van der Waals surface area contributed by atoms with Crippen molar-refractivity contribution in [2.45, 2.75) is 56.5 Å². The Hall–Kier alpha value is -1.58. The molecule has 1 aromatic rings. The topological polar surface area (TPSA) is 52.3 Å². The van der Waals surface area contributed by atoms with Crippen molar-refractivity contribution < 1.29 is 13.9 Å². The molecule has 0 bridgehead atoms. The Balaban J connectivity index is 1.96. The molecule has 108 valence electrons. The van der Waals surface area contributed by atoms with Crippen LogP contribution in [0.25, 0.3) is 0 Å². The number of rotatable bonds is 2. The highest BCUT2D eigenvalue weighted by Crippen LogP contribution is 2.48. The summed E-state index contributed by atoms with van der Waals surface area (Å²) in [5.74, 6) is 0.0790. The number of carbonyl (C=O) groups is 1. The fourth-order valence-corrected chi connectivity index (χ4v) is 3.69. The number of benzene rings is 1. The average molecular weight is 277 g/mol. The summed E-state index contributed by atoms with van der Waals surface area (Å²) < 4.78 is 19.7. The Labute approximate surface area is 118 Å². The van der Waals surface area contributed by atoms with Gasteiger partial charge in [0.2, 0.25) is 5.91 Å². The molecule has 1 atom stereocenters. The minimum atomic E-state index is -0.335. The zero-order valence-electron chi connectivity index (χ0n) is 11.5. The summed E-state index contributed by atoms with van der Waals surface area (Å²) in [5, 5.41) is 0. The van der Waals surface area contributed by atoms with E-state index >= 15 is 0 Å². The number of ether oxygens (including phenoxy) is 1. The van der Waals surface area contributed by atoms with Crippen LogP contribution in [0.3, 0.4) is 0 Å². The monoisotopic (exact) mass is 277 g/mol. The Morgan fingerprint density at radius 1 is 1.35 bits per heavy atom. The quantitative estimate of drug-likeness (QED) is 0.902. The molecule has 1 aromatic carbocycles. The van der Waals surface area contributed by atoms with Crippen molar-refractivity contribution >= 4 is 5.91 Å². The van der Waals surface area contributed by atoms with Crippen LogP contribution in [0.15, 0.2) is 18.2 Å². The highest BCUT2D eigenvalue weighted by molar-refractivity contribution is 5.75. The molecule has 1 fully saturated rings. The van der Waals surface area contributed by atoms with Crippen molar-refractivity contribution in [2.24, 2.45) is 5.73 Å². The second-order valence-corrected chi connectivity index (χ2v) is 6.10. The van der Waals surface area contributed by atoms with Crippen LogP contribution in [-0.2, 0) is 4.79 Å². The Kier molecular flexibility index (Phi) is 3.40. The highest BCUT2D eigenvalue weighted by Gasteiger charge is 2.42. The smallest absolute Gasteiger partial charge is 0.218 e. The minimum absolute atomic E-state index is 0.0231. The zero-order chi connectivity index (χ0) is 14.2. The van der Waals surface area contributed by atoms with Crippen molar-refractivity contribution in [3.63, 3.8) is 0 Å². The van der Waals surface area contributed by atoms with Crippen molar-refractivity contribution in [3.05, 3.63) is 29.6 Å². The van der Waals surface area contributed by atoms with E-state index in [9.17, 15) is 9.18 Å². The van der Waals surface area contributed by atoms with Crippen LogP contribution in [-0.4, -0.2) is 11.5 Å². The van der Waals surface area contributed by atoms with Crippen molar-refractivity contribution in [1.82, 2.24) is 0 Å². The molecule has 1 heterocycles. The van der Waals surface area contributed by atoms with Gasteiger partial charge >= 0.3 is 0 Å². The molecule has 0 aromatic heterocycles. The van der Waals surface area contributed by atoms with Gasteiger partial charge in [0.25, 0.3) is 0 Å². The van der Waals surface area contributed by atoms with Gasteiger partial charge in [-0.25, -0.2) is 4.39 Å². The lowest BCUT2D eigenvalue weighted by Crippen LogP contribution is -2.43. The third-order valence-corrected chi connectivity index (χ3v) is 4.57. The number of primary amides is 1. The van der Waals surface area contributed by atoms with Crippen molar-refractivity contribution in [2.75, 3.05) is 0 Å². The number of nitrogens with two attached hydrogens (primary N) is 1. The van der Waals surface area contributed by atoms with Gasteiger partial charge in [-0.15, -0.1) is 0 Å². The lowest BCUT2D eigenvalue weighted by molar-refractivity contribution is -0.118. The van der Waals surface area contributed by atoms with Crippen LogP contribution in [0, 0.1) is 5.82 Å².